The molecule has 1 heterocycles. The number of hydrogen-bond acceptors (Lipinski definition) is 4. The largest absolute Gasteiger partial charge is 0.208 e. The number of nitriles is 1. The second kappa shape index (κ2) is 16.0. The fourth-order valence-electron chi connectivity index (χ4n) is 10.1. The SMILES string of the molecule is N#Cc1ccc(-c2ccc(-c3ccc(-c4cccc5c4ccc4ccccc45)cc3)cc2)cc1-c1ccc(-c2nc(-c3ccccc3)nc(-c3ccc4c(c3)-c3cccc5cccc-4c35)n2)cc1. The van der Waals surface area contributed by atoms with Crippen molar-refractivity contribution >= 4 is 32.3 Å². The Morgan fingerprint density at radius 2 is 0.750 bits per heavy atom. The number of rotatable bonds is 7. The normalized spacial score (nSPS) is 11.5. The summed E-state index contributed by atoms with van der Waals surface area (Å²) in [5.41, 5.74) is 16.9. The molecular weight excluding hydrogens is 825 g/mol. The summed E-state index contributed by atoms with van der Waals surface area (Å²) in [4.78, 5) is 15.2. The van der Waals surface area contributed by atoms with Gasteiger partial charge in [-0.2, -0.15) is 5.26 Å². The van der Waals surface area contributed by atoms with E-state index in [4.69, 9.17) is 15.0 Å². The first-order valence-electron chi connectivity index (χ1n) is 22.9. The summed E-state index contributed by atoms with van der Waals surface area (Å²) in [7, 11) is 0. The smallest absolute Gasteiger partial charge is 0.164 e. The van der Waals surface area contributed by atoms with E-state index in [0.717, 1.165) is 50.1 Å². The third kappa shape index (κ3) is 6.65. The fourth-order valence-corrected chi connectivity index (χ4v) is 10.1. The Hall–Kier alpha value is -9.30. The zero-order valence-electron chi connectivity index (χ0n) is 36.7. The molecule has 314 valence electrons. The molecule has 1 aliphatic rings. The van der Waals surface area contributed by atoms with Crippen molar-refractivity contribution in [2.75, 3.05) is 0 Å². The van der Waals surface area contributed by atoms with E-state index in [1.54, 1.807) is 0 Å². The molecule has 13 rings (SSSR count). The summed E-state index contributed by atoms with van der Waals surface area (Å²) >= 11 is 0. The van der Waals surface area contributed by atoms with Crippen molar-refractivity contribution < 1.29 is 0 Å². The van der Waals surface area contributed by atoms with E-state index < -0.39 is 0 Å². The highest BCUT2D eigenvalue weighted by Crippen LogP contribution is 2.48. The van der Waals surface area contributed by atoms with E-state index in [-0.39, 0.29) is 0 Å². The standard InChI is InChI=1S/C64H38N4/c65-39-51-32-31-49(42-21-19-40(20-22-42)41-23-25-44(26-24-41)53-15-8-16-54-52-14-5-4-9-43(52)33-35-55(53)54)37-59(51)45-27-29-48(30-28-45)63-66-62(47-10-2-1-3-11-47)67-64(68-63)50-34-36-56-57-17-6-12-46-13-7-18-58(61(46)57)60(56)38-50/h1-38H. The van der Waals surface area contributed by atoms with Gasteiger partial charge in [-0.3, -0.25) is 0 Å². The van der Waals surface area contributed by atoms with Gasteiger partial charge in [0, 0.05) is 22.3 Å². The zero-order valence-corrected chi connectivity index (χ0v) is 36.7. The number of benzene rings is 11. The lowest BCUT2D eigenvalue weighted by Gasteiger charge is -2.12. The number of nitrogens with zero attached hydrogens (tertiary/aromatic N) is 4. The molecule has 0 saturated heterocycles. The van der Waals surface area contributed by atoms with E-state index in [1.165, 1.54) is 65.7 Å². The van der Waals surface area contributed by atoms with E-state index in [0.29, 0.717) is 23.0 Å². The van der Waals surface area contributed by atoms with Gasteiger partial charge < -0.3 is 0 Å². The maximum Gasteiger partial charge on any atom is 0.164 e. The molecule has 0 bridgehead atoms. The summed E-state index contributed by atoms with van der Waals surface area (Å²) in [5.74, 6) is 1.80. The fraction of sp³-hybridized carbons (Fsp3) is 0. The first kappa shape index (κ1) is 39.1. The zero-order chi connectivity index (χ0) is 45.1. The molecule has 0 fully saturated rings. The Kier molecular flexibility index (Phi) is 9.20. The molecule has 1 aliphatic carbocycles. The highest BCUT2D eigenvalue weighted by Gasteiger charge is 2.23. The van der Waals surface area contributed by atoms with Crippen molar-refractivity contribution in [2.24, 2.45) is 0 Å². The van der Waals surface area contributed by atoms with Crippen molar-refractivity contribution in [1.82, 2.24) is 15.0 Å². The molecule has 0 spiro atoms. The maximum atomic E-state index is 10.3. The summed E-state index contributed by atoms with van der Waals surface area (Å²) in [5, 5.41) is 17.9. The molecule has 0 N–H and O–H groups in total. The van der Waals surface area contributed by atoms with Crippen LogP contribution >= 0.6 is 0 Å². The van der Waals surface area contributed by atoms with Crippen LogP contribution in [0.1, 0.15) is 5.56 Å². The van der Waals surface area contributed by atoms with Crippen molar-refractivity contribution in [2.45, 2.75) is 0 Å². The second-order valence-corrected chi connectivity index (χ2v) is 17.4. The van der Waals surface area contributed by atoms with Gasteiger partial charge in [-0.15, -0.1) is 0 Å². The molecule has 1 aromatic heterocycles. The summed E-state index contributed by atoms with van der Waals surface area (Å²) < 4.78 is 0. The lowest BCUT2D eigenvalue weighted by molar-refractivity contribution is 1.07. The molecule has 0 atom stereocenters. The van der Waals surface area contributed by atoms with E-state index in [2.05, 4.69) is 182 Å². The van der Waals surface area contributed by atoms with Gasteiger partial charge in [0.1, 0.15) is 0 Å². The van der Waals surface area contributed by atoms with E-state index in [9.17, 15) is 5.26 Å². The summed E-state index contributed by atoms with van der Waals surface area (Å²) in [6.07, 6.45) is 0. The minimum atomic E-state index is 0.581. The molecule has 0 saturated carbocycles. The van der Waals surface area contributed by atoms with Gasteiger partial charge in [0.2, 0.25) is 0 Å². The molecule has 0 amide bonds. The minimum Gasteiger partial charge on any atom is -0.208 e. The van der Waals surface area contributed by atoms with Crippen LogP contribution in [-0.2, 0) is 0 Å². The molecule has 0 aliphatic heterocycles. The number of aromatic nitrogens is 3. The van der Waals surface area contributed by atoms with Crippen molar-refractivity contribution in [3.8, 4) is 107 Å². The Bertz CT molecular complexity index is 3990. The van der Waals surface area contributed by atoms with Gasteiger partial charge >= 0.3 is 0 Å². The molecule has 11 aromatic carbocycles. The topological polar surface area (TPSA) is 62.5 Å². The minimum absolute atomic E-state index is 0.581. The Labute approximate surface area is 393 Å². The summed E-state index contributed by atoms with van der Waals surface area (Å²) in [6, 6.07) is 83.5. The van der Waals surface area contributed by atoms with E-state index >= 15 is 0 Å². The van der Waals surface area contributed by atoms with Crippen LogP contribution < -0.4 is 0 Å². The van der Waals surface area contributed by atoms with Crippen LogP contribution in [0.15, 0.2) is 231 Å². The van der Waals surface area contributed by atoms with Crippen LogP contribution in [0.4, 0.5) is 0 Å². The van der Waals surface area contributed by atoms with Gasteiger partial charge in [0.25, 0.3) is 0 Å². The number of fused-ring (bicyclic) bond motifs is 6. The Morgan fingerprint density at radius 3 is 1.46 bits per heavy atom. The quantitative estimate of drug-likeness (QED) is 0.150. The first-order chi connectivity index (χ1) is 33.6. The third-order valence-corrected chi connectivity index (χ3v) is 13.6. The molecule has 4 nitrogen and oxygen atoms in total. The van der Waals surface area contributed by atoms with Crippen molar-refractivity contribution in [3.05, 3.63) is 236 Å². The van der Waals surface area contributed by atoms with Crippen LogP contribution in [0, 0.1) is 11.3 Å². The van der Waals surface area contributed by atoms with E-state index in [1.807, 2.05) is 54.6 Å². The van der Waals surface area contributed by atoms with Crippen LogP contribution in [-0.4, -0.2) is 15.0 Å². The van der Waals surface area contributed by atoms with Gasteiger partial charge in [-0.25, -0.2) is 15.0 Å². The van der Waals surface area contributed by atoms with Crippen LogP contribution in [0.3, 0.4) is 0 Å². The molecular formula is C64H38N4. The van der Waals surface area contributed by atoms with Crippen molar-refractivity contribution in [1.29, 1.82) is 5.26 Å². The van der Waals surface area contributed by atoms with Crippen molar-refractivity contribution in [3.63, 3.8) is 0 Å². The Balaban J connectivity index is 0.794. The number of hydrogen-bond donors (Lipinski definition) is 0. The molecule has 0 unspecified atom stereocenters. The summed E-state index contributed by atoms with van der Waals surface area (Å²) in [6.45, 7) is 0. The molecule has 0 radical (unpaired) electrons. The molecule has 68 heavy (non-hydrogen) atoms. The third-order valence-electron chi connectivity index (χ3n) is 13.6. The predicted octanol–water partition coefficient (Wildman–Crippen LogP) is 16.5. The Morgan fingerprint density at radius 1 is 0.265 bits per heavy atom. The lowest BCUT2D eigenvalue weighted by atomic mass is 9.92. The average Bonchev–Trinajstić information content (AvgIpc) is 3.74. The van der Waals surface area contributed by atoms with Gasteiger partial charge in [0.05, 0.1) is 11.6 Å². The van der Waals surface area contributed by atoms with Gasteiger partial charge in [-0.05, 0) is 112 Å². The van der Waals surface area contributed by atoms with Crippen LogP contribution in [0.25, 0.3) is 133 Å². The van der Waals surface area contributed by atoms with Gasteiger partial charge in [-0.1, -0.05) is 212 Å². The maximum absolute atomic E-state index is 10.3. The predicted molar refractivity (Wildman–Crippen MR) is 280 cm³/mol. The average molecular weight is 863 g/mol. The van der Waals surface area contributed by atoms with Crippen LogP contribution in [0.5, 0.6) is 0 Å². The molecule has 4 heteroatoms. The first-order valence-corrected chi connectivity index (χ1v) is 22.9. The lowest BCUT2D eigenvalue weighted by Crippen LogP contribution is -2.00. The second-order valence-electron chi connectivity index (χ2n) is 17.4. The highest BCUT2D eigenvalue weighted by molar-refractivity contribution is 6.16. The molecule has 12 aromatic rings. The highest BCUT2D eigenvalue weighted by atomic mass is 15.0. The van der Waals surface area contributed by atoms with Gasteiger partial charge in [0.15, 0.2) is 17.5 Å². The monoisotopic (exact) mass is 862 g/mol. The van der Waals surface area contributed by atoms with Crippen LogP contribution in [0.2, 0.25) is 0 Å².